The molecule has 1 saturated heterocycles. The van der Waals surface area contributed by atoms with E-state index in [4.69, 9.17) is 9.47 Å². The van der Waals surface area contributed by atoms with E-state index in [1.54, 1.807) is 0 Å². The van der Waals surface area contributed by atoms with Crippen molar-refractivity contribution in [3.8, 4) is 0 Å². The van der Waals surface area contributed by atoms with E-state index < -0.39 is 17.4 Å². The van der Waals surface area contributed by atoms with Crippen molar-refractivity contribution in [2.45, 2.75) is 90.0 Å². The molecular weight excluding hydrogens is 392 g/mol. The number of nitrogens with one attached hydrogen (secondary N) is 1. The molecule has 3 rings (SSSR count). The molecule has 0 atom stereocenters. The highest BCUT2D eigenvalue weighted by Crippen LogP contribution is 2.27. The number of amides is 1. The molecule has 2 aliphatic heterocycles. The van der Waals surface area contributed by atoms with Gasteiger partial charge in [-0.1, -0.05) is 57.2 Å². The van der Waals surface area contributed by atoms with Gasteiger partial charge < -0.3 is 19.9 Å². The lowest BCUT2D eigenvalue weighted by molar-refractivity contribution is -0.272. The Kier molecular flexibility index (Phi) is 8.36. The number of aryl methyl sites for hydroxylation is 1. The minimum atomic E-state index is -1.04. The molecule has 174 valence electrons. The predicted molar refractivity (Wildman–Crippen MR) is 122 cm³/mol. The second-order valence-electron chi connectivity index (χ2n) is 9.77. The van der Waals surface area contributed by atoms with Gasteiger partial charge in [0.1, 0.15) is 5.54 Å². The first kappa shape index (κ1) is 24.0. The second-order valence-corrected chi connectivity index (χ2v) is 9.77. The number of nitrogens with zero attached hydrogens (tertiary/aromatic N) is 1. The Morgan fingerprint density at radius 3 is 2.52 bits per heavy atom. The third-order valence-electron chi connectivity index (χ3n) is 6.47. The van der Waals surface area contributed by atoms with Crippen molar-refractivity contribution in [3.05, 3.63) is 34.9 Å². The van der Waals surface area contributed by atoms with E-state index in [2.05, 4.69) is 35.3 Å². The third kappa shape index (κ3) is 7.19. The SMILES string of the molecule is CCCCCCCCc1ccc2c(c1)CCN(CC1(NC(=O)O)COC(C)(C)OC1)C2. The van der Waals surface area contributed by atoms with Crippen LogP contribution in [0.25, 0.3) is 0 Å². The fraction of sp³-hybridized carbons (Fsp3) is 0.720. The maximum Gasteiger partial charge on any atom is 0.405 e. The molecule has 0 spiro atoms. The third-order valence-corrected chi connectivity index (χ3v) is 6.47. The van der Waals surface area contributed by atoms with Gasteiger partial charge in [0.05, 0.1) is 13.2 Å². The first-order valence-corrected chi connectivity index (χ1v) is 11.9. The zero-order chi connectivity index (χ0) is 22.3. The Hall–Kier alpha value is -1.63. The highest BCUT2D eigenvalue weighted by atomic mass is 16.7. The largest absolute Gasteiger partial charge is 0.465 e. The number of hydrogen-bond donors (Lipinski definition) is 2. The number of unbranched alkanes of at least 4 members (excludes halogenated alkanes) is 5. The summed E-state index contributed by atoms with van der Waals surface area (Å²) in [6, 6.07) is 6.93. The van der Waals surface area contributed by atoms with Crippen molar-refractivity contribution in [3.63, 3.8) is 0 Å². The van der Waals surface area contributed by atoms with Gasteiger partial charge >= 0.3 is 6.09 Å². The monoisotopic (exact) mass is 432 g/mol. The van der Waals surface area contributed by atoms with E-state index in [0.29, 0.717) is 19.8 Å². The van der Waals surface area contributed by atoms with E-state index >= 15 is 0 Å². The number of ether oxygens (including phenoxy) is 2. The summed E-state index contributed by atoms with van der Waals surface area (Å²) in [7, 11) is 0. The Labute approximate surface area is 187 Å². The molecule has 2 N–H and O–H groups in total. The Balaban J connectivity index is 1.54. The standard InChI is InChI=1S/C25H40N2O4/c1-4-5-6-7-8-9-10-20-11-12-22-16-27(14-13-21(22)15-20)17-25(26-23(28)29)18-30-24(2,3)31-19-25/h11-12,15,26H,4-10,13-14,16-19H2,1-3H3,(H,28,29). The van der Waals surface area contributed by atoms with Crippen LogP contribution in [-0.4, -0.2) is 53.7 Å². The summed E-state index contributed by atoms with van der Waals surface area (Å²) in [5, 5.41) is 12.0. The van der Waals surface area contributed by atoms with Crippen molar-refractivity contribution >= 4 is 6.09 Å². The van der Waals surface area contributed by atoms with Gasteiger partial charge in [0.15, 0.2) is 5.79 Å². The van der Waals surface area contributed by atoms with Crippen LogP contribution in [0.3, 0.4) is 0 Å². The summed E-state index contributed by atoms with van der Waals surface area (Å²) in [5.41, 5.74) is 3.50. The van der Waals surface area contributed by atoms with Gasteiger partial charge in [0, 0.05) is 19.6 Å². The van der Waals surface area contributed by atoms with Crippen LogP contribution in [0.5, 0.6) is 0 Å². The van der Waals surface area contributed by atoms with Crippen LogP contribution < -0.4 is 5.32 Å². The summed E-state index contributed by atoms with van der Waals surface area (Å²) < 4.78 is 11.6. The molecule has 0 radical (unpaired) electrons. The maximum absolute atomic E-state index is 11.4. The molecule has 1 aromatic rings. The lowest BCUT2D eigenvalue weighted by Gasteiger charge is -2.46. The molecule has 0 unspecified atom stereocenters. The van der Waals surface area contributed by atoms with Crippen LogP contribution in [0, 0.1) is 0 Å². The number of benzene rings is 1. The van der Waals surface area contributed by atoms with Crippen molar-refractivity contribution in [1.82, 2.24) is 10.2 Å². The Bertz CT molecular complexity index is 724. The van der Waals surface area contributed by atoms with Crippen LogP contribution in [0.1, 0.15) is 76.0 Å². The summed E-state index contributed by atoms with van der Waals surface area (Å²) in [6.07, 6.45) is 9.09. The normalized spacial score (nSPS) is 20.2. The molecule has 1 fully saturated rings. The zero-order valence-electron chi connectivity index (χ0n) is 19.5. The van der Waals surface area contributed by atoms with Crippen molar-refractivity contribution < 1.29 is 19.4 Å². The molecule has 0 aliphatic carbocycles. The lowest BCUT2D eigenvalue weighted by Crippen LogP contribution is -2.65. The van der Waals surface area contributed by atoms with Crippen molar-refractivity contribution in [1.29, 1.82) is 0 Å². The van der Waals surface area contributed by atoms with Gasteiger partial charge in [-0.3, -0.25) is 4.90 Å². The van der Waals surface area contributed by atoms with Crippen LogP contribution in [0.2, 0.25) is 0 Å². The highest BCUT2D eigenvalue weighted by Gasteiger charge is 2.43. The van der Waals surface area contributed by atoms with Crippen LogP contribution in [-0.2, 0) is 28.9 Å². The number of fused-ring (bicyclic) bond motifs is 1. The summed E-state index contributed by atoms with van der Waals surface area (Å²) in [4.78, 5) is 13.7. The van der Waals surface area contributed by atoms with Crippen LogP contribution in [0.15, 0.2) is 18.2 Å². The van der Waals surface area contributed by atoms with Crippen LogP contribution >= 0.6 is 0 Å². The van der Waals surface area contributed by atoms with Gasteiger partial charge in [-0.05, 0) is 49.8 Å². The Morgan fingerprint density at radius 1 is 1.10 bits per heavy atom. The summed E-state index contributed by atoms with van der Waals surface area (Å²) >= 11 is 0. The van der Waals surface area contributed by atoms with Gasteiger partial charge in [0.2, 0.25) is 0 Å². The number of rotatable bonds is 10. The molecule has 1 aromatic carbocycles. The maximum atomic E-state index is 11.4. The van der Waals surface area contributed by atoms with Crippen LogP contribution in [0.4, 0.5) is 4.79 Å². The zero-order valence-corrected chi connectivity index (χ0v) is 19.5. The predicted octanol–water partition coefficient (Wildman–Crippen LogP) is 4.74. The molecule has 2 aliphatic rings. The lowest BCUT2D eigenvalue weighted by atomic mass is 9.93. The number of carboxylic acid groups (broad SMARTS) is 1. The summed E-state index contributed by atoms with van der Waals surface area (Å²) in [6.45, 7) is 8.93. The van der Waals surface area contributed by atoms with Gasteiger partial charge in [-0.25, -0.2) is 4.79 Å². The first-order chi connectivity index (χ1) is 14.8. The quantitative estimate of drug-likeness (QED) is 0.523. The molecule has 2 heterocycles. The topological polar surface area (TPSA) is 71.0 Å². The van der Waals surface area contributed by atoms with E-state index in [0.717, 1.165) is 19.5 Å². The molecular formula is C25H40N2O4. The molecule has 0 aromatic heterocycles. The minimum absolute atomic E-state index is 0.312. The van der Waals surface area contributed by atoms with Gasteiger partial charge in [-0.2, -0.15) is 0 Å². The summed E-state index contributed by atoms with van der Waals surface area (Å²) in [5.74, 6) is -0.676. The molecule has 0 bridgehead atoms. The highest BCUT2D eigenvalue weighted by molar-refractivity contribution is 5.65. The first-order valence-electron chi connectivity index (χ1n) is 11.9. The number of carbonyl (C=O) groups is 1. The fourth-order valence-electron chi connectivity index (χ4n) is 4.63. The van der Waals surface area contributed by atoms with Gasteiger partial charge in [0.25, 0.3) is 0 Å². The Morgan fingerprint density at radius 2 is 1.81 bits per heavy atom. The second kappa shape index (κ2) is 10.8. The van der Waals surface area contributed by atoms with E-state index in [1.165, 1.54) is 61.6 Å². The van der Waals surface area contributed by atoms with E-state index in [1.807, 2.05) is 13.8 Å². The molecule has 0 saturated carbocycles. The number of hydrogen-bond acceptors (Lipinski definition) is 4. The smallest absolute Gasteiger partial charge is 0.405 e. The van der Waals surface area contributed by atoms with E-state index in [-0.39, 0.29) is 0 Å². The van der Waals surface area contributed by atoms with Crippen molar-refractivity contribution in [2.24, 2.45) is 0 Å². The molecule has 31 heavy (non-hydrogen) atoms. The molecule has 6 nitrogen and oxygen atoms in total. The average molecular weight is 433 g/mol. The van der Waals surface area contributed by atoms with E-state index in [9.17, 15) is 9.90 Å². The molecule has 1 amide bonds. The fourth-order valence-corrected chi connectivity index (χ4v) is 4.63. The molecule has 6 heteroatoms. The average Bonchev–Trinajstić information content (AvgIpc) is 2.72. The van der Waals surface area contributed by atoms with Crippen molar-refractivity contribution in [2.75, 3.05) is 26.3 Å². The van der Waals surface area contributed by atoms with Gasteiger partial charge in [-0.15, -0.1) is 0 Å². The minimum Gasteiger partial charge on any atom is -0.465 e.